The maximum absolute atomic E-state index is 12.2. The molecule has 0 spiro atoms. The molecule has 4 nitrogen and oxygen atoms in total. The fraction of sp³-hybridized carbons (Fsp3) is 0.333. The van der Waals surface area contributed by atoms with Gasteiger partial charge < -0.3 is 11.1 Å². The van der Waals surface area contributed by atoms with Crippen molar-refractivity contribution in [2.24, 2.45) is 5.73 Å². The predicted molar refractivity (Wildman–Crippen MR) is 87.7 cm³/mol. The summed E-state index contributed by atoms with van der Waals surface area (Å²) in [5, 5.41) is 5.83. The third-order valence-corrected chi connectivity index (χ3v) is 4.96. The number of thiazole rings is 1. The average molecular weight is 319 g/mol. The molecular weight excluding hydrogens is 302 g/mol. The van der Waals surface area contributed by atoms with Gasteiger partial charge in [0.2, 0.25) is 0 Å². The Balaban J connectivity index is 2.07. The van der Waals surface area contributed by atoms with Crippen molar-refractivity contribution >= 4 is 28.6 Å². The number of nitrogens with one attached hydrogen (secondary N) is 1. The van der Waals surface area contributed by atoms with Crippen molar-refractivity contribution in [1.82, 2.24) is 10.3 Å². The van der Waals surface area contributed by atoms with Crippen LogP contribution in [-0.4, -0.2) is 17.4 Å². The minimum atomic E-state index is -0.0926. The van der Waals surface area contributed by atoms with Gasteiger partial charge in [0, 0.05) is 10.3 Å². The standard InChI is InChI=1S/C15H17N3OS2/c1-9-14(21-11(3)17-9)10(2)18-15(19)12-7-13(20-8-12)5-4-6-16/h7-8,10H,6,16H2,1-3H3,(H,18,19). The molecule has 2 aromatic rings. The monoisotopic (exact) mass is 319 g/mol. The zero-order chi connectivity index (χ0) is 15.4. The van der Waals surface area contributed by atoms with E-state index in [1.165, 1.54) is 11.3 Å². The Labute approximate surface area is 132 Å². The first kappa shape index (κ1) is 15.7. The summed E-state index contributed by atoms with van der Waals surface area (Å²) in [6.45, 7) is 6.23. The second-order valence-electron chi connectivity index (χ2n) is 4.58. The molecule has 21 heavy (non-hydrogen) atoms. The van der Waals surface area contributed by atoms with E-state index in [0.717, 1.165) is 20.5 Å². The van der Waals surface area contributed by atoms with E-state index in [1.807, 2.05) is 26.2 Å². The zero-order valence-electron chi connectivity index (χ0n) is 12.2. The van der Waals surface area contributed by atoms with Gasteiger partial charge in [0.05, 0.1) is 33.7 Å². The van der Waals surface area contributed by atoms with Crippen LogP contribution in [0.2, 0.25) is 0 Å². The number of rotatable bonds is 3. The predicted octanol–water partition coefficient (Wildman–Crippen LogP) is 2.62. The summed E-state index contributed by atoms with van der Waals surface area (Å²) in [6, 6.07) is 1.74. The van der Waals surface area contributed by atoms with Crippen molar-refractivity contribution in [3.05, 3.63) is 37.5 Å². The van der Waals surface area contributed by atoms with Crippen LogP contribution in [0.3, 0.4) is 0 Å². The minimum Gasteiger partial charge on any atom is -0.345 e. The van der Waals surface area contributed by atoms with Gasteiger partial charge in [-0.25, -0.2) is 4.98 Å². The minimum absolute atomic E-state index is 0.0535. The zero-order valence-corrected chi connectivity index (χ0v) is 13.8. The molecule has 0 aliphatic rings. The smallest absolute Gasteiger partial charge is 0.252 e. The van der Waals surface area contributed by atoms with Gasteiger partial charge in [0.25, 0.3) is 5.91 Å². The molecule has 6 heteroatoms. The van der Waals surface area contributed by atoms with Crippen molar-refractivity contribution in [1.29, 1.82) is 0 Å². The van der Waals surface area contributed by atoms with Crippen molar-refractivity contribution in [2.75, 3.05) is 6.54 Å². The molecule has 110 valence electrons. The molecule has 1 atom stereocenters. The van der Waals surface area contributed by atoms with Gasteiger partial charge in [-0.1, -0.05) is 11.8 Å². The van der Waals surface area contributed by atoms with Gasteiger partial charge >= 0.3 is 0 Å². The van der Waals surface area contributed by atoms with Gasteiger partial charge in [-0.2, -0.15) is 0 Å². The molecule has 0 saturated carbocycles. The van der Waals surface area contributed by atoms with Crippen LogP contribution in [0.15, 0.2) is 11.4 Å². The van der Waals surface area contributed by atoms with Gasteiger partial charge in [-0.3, -0.25) is 4.79 Å². The van der Waals surface area contributed by atoms with Crippen molar-refractivity contribution in [2.45, 2.75) is 26.8 Å². The quantitative estimate of drug-likeness (QED) is 0.855. The van der Waals surface area contributed by atoms with Gasteiger partial charge in [0.1, 0.15) is 0 Å². The number of aryl methyl sites for hydroxylation is 2. The number of amides is 1. The molecule has 1 amide bonds. The van der Waals surface area contributed by atoms with Gasteiger partial charge in [0.15, 0.2) is 0 Å². The maximum Gasteiger partial charge on any atom is 0.252 e. The van der Waals surface area contributed by atoms with E-state index in [9.17, 15) is 4.79 Å². The van der Waals surface area contributed by atoms with Crippen LogP contribution in [0.4, 0.5) is 0 Å². The van der Waals surface area contributed by atoms with Crippen LogP contribution in [0.25, 0.3) is 0 Å². The van der Waals surface area contributed by atoms with E-state index in [4.69, 9.17) is 5.73 Å². The summed E-state index contributed by atoms with van der Waals surface area (Å²) in [6.07, 6.45) is 0. The number of nitrogens with two attached hydrogens (primary N) is 1. The molecule has 0 aromatic carbocycles. The second kappa shape index (κ2) is 6.85. The van der Waals surface area contributed by atoms with Crippen LogP contribution >= 0.6 is 22.7 Å². The lowest BCUT2D eigenvalue weighted by molar-refractivity contribution is 0.0941. The molecule has 0 aliphatic heterocycles. The van der Waals surface area contributed by atoms with Crippen molar-refractivity contribution in [3.8, 4) is 11.8 Å². The van der Waals surface area contributed by atoms with Crippen molar-refractivity contribution < 1.29 is 4.79 Å². The molecule has 1 unspecified atom stereocenters. The van der Waals surface area contributed by atoms with Crippen LogP contribution < -0.4 is 11.1 Å². The van der Waals surface area contributed by atoms with E-state index < -0.39 is 0 Å². The lowest BCUT2D eigenvalue weighted by Gasteiger charge is -2.12. The number of hydrogen-bond donors (Lipinski definition) is 2. The number of carbonyl (C=O) groups is 1. The molecule has 0 fully saturated rings. The van der Waals surface area contributed by atoms with E-state index in [0.29, 0.717) is 12.1 Å². The van der Waals surface area contributed by atoms with Gasteiger partial charge in [-0.05, 0) is 26.8 Å². The van der Waals surface area contributed by atoms with E-state index in [1.54, 1.807) is 17.4 Å². The normalized spacial score (nSPS) is 11.6. The van der Waals surface area contributed by atoms with Crippen LogP contribution in [-0.2, 0) is 0 Å². The molecular formula is C15H17N3OS2. The highest BCUT2D eigenvalue weighted by Gasteiger charge is 2.17. The summed E-state index contributed by atoms with van der Waals surface area (Å²) >= 11 is 3.06. The molecule has 0 aliphatic carbocycles. The fourth-order valence-corrected chi connectivity index (χ4v) is 3.64. The van der Waals surface area contributed by atoms with Gasteiger partial charge in [-0.15, -0.1) is 22.7 Å². The molecule has 0 radical (unpaired) electrons. The Morgan fingerprint density at radius 3 is 2.90 bits per heavy atom. The maximum atomic E-state index is 12.2. The van der Waals surface area contributed by atoms with Crippen LogP contribution in [0.5, 0.6) is 0 Å². The molecule has 3 N–H and O–H groups in total. The second-order valence-corrected chi connectivity index (χ2v) is 6.73. The SMILES string of the molecule is Cc1nc(C)c(C(C)NC(=O)c2csc(C#CCN)c2)s1. The summed E-state index contributed by atoms with van der Waals surface area (Å²) < 4.78 is 0. The first-order valence-electron chi connectivity index (χ1n) is 6.53. The summed E-state index contributed by atoms with van der Waals surface area (Å²) in [7, 11) is 0. The fourth-order valence-electron chi connectivity index (χ4n) is 1.95. The highest BCUT2D eigenvalue weighted by Crippen LogP contribution is 2.25. The number of carbonyl (C=O) groups excluding carboxylic acids is 1. The highest BCUT2D eigenvalue weighted by molar-refractivity contribution is 7.11. The first-order valence-corrected chi connectivity index (χ1v) is 8.23. The van der Waals surface area contributed by atoms with Crippen LogP contribution in [0.1, 0.15) is 43.8 Å². The Morgan fingerprint density at radius 2 is 2.29 bits per heavy atom. The highest BCUT2D eigenvalue weighted by atomic mass is 32.1. The first-order chi connectivity index (χ1) is 10.0. The lowest BCUT2D eigenvalue weighted by Crippen LogP contribution is -2.26. The Morgan fingerprint density at radius 1 is 1.52 bits per heavy atom. The Kier molecular flexibility index (Phi) is 5.12. The Hall–Kier alpha value is -1.68. The molecule has 2 heterocycles. The number of hydrogen-bond acceptors (Lipinski definition) is 5. The lowest BCUT2D eigenvalue weighted by atomic mass is 10.2. The largest absolute Gasteiger partial charge is 0.345 e. The van der Waals surface area contributed by atoms with E-state index in [-0.39, 0.29) is 11.9 Å². The molecule has 0 bridgehead atoms. The van der Waals surface area contributed by atoms with E-state index in [2.05, 4.69) is 22.1 Å². The number of aromatic nitrogens is 1. The Bertz CT molecular complexity index is 706. The molecule has 2 aromatic heterocycles. The summed E-state index contributed by atoms with van der Waals surface area (Å²) in [4.78, 5) is 18.6. The molecule has 0 saturated heterocycles. The summed E-state index contributed by atoms with van der Waals surface area (Å²) in [5.74, 6) is 5.62. The van der Waals surface area contributed by atoms with E-state index >= 15 is 0 Å². The van der Waals surface area contributed by atoms with Crippen LogP contribution in [0, 0.1) is 25.7 Å². The number of nitrogens with zero attached hydrogens (tertiary/aromatic N) is 1. The summed E-state index contributed by atoms with van der Waals surface area (Å²) in [5.41, 5.74) is 6.94. The third-order valence-electron chi connectivity index (χ3n) is 2.86. The molecule has 2 rings (SSSR count). The number of thiophene rings is 1. The third kappa shape index (κ3) is 3.91. The van der Waals surface area contributed by atoms with Crippen molar-refractivity contribution in [3.63, 3.8) is 0 Å². The topological polar surface area (TPSA) is 68.0 Å². The average Bonchev–Trinajstić information content (AvgIpc) is 3.03.